The maximum atomic E-state index is 13.5. The summed E-state index contributed by atoms with van der Waals surface area (Å²) in [6.07, 6.45) is 1.66. The van der Waals surface area contributed by atoms with E-state index in [4.69, 9.17) is 9.73 Å². The lowest BCUT2D eigenvalue weighted by Crippen LogP contribution is -2.46. The summed E-state index contributed by atoms with van der Waals surface area (Å²) in [7, 11) is 0. The van der Waals surface area contributed by atoms with Crippen LogP contribution < -0.4 is 0 Å². The highest BCUT2D eigenvalue weighted by Gasteiger charge is 2.44. The van der Waals surface area contributed by atoms with E-state index in [1.807, 2.05) is 35.7 Å². The van der Waals surface area contributed by atoms with Crippen LogP contribution in [-0.2, 0) is 9.53 Å². The summed E-state index contributed by atoms with van der Waals surface area (Å²) in [5.74, 6) is -0.969. The van der Waals surface area contributed by atoms with Gasteiger partial charge in [-0.3, -0.25) is 14.5 Å². The molecule has 0 saturated carbocycles. The lowest BCUT2D eigenvalue weighted by atomic mass is 9.92. The Morgan fingerprint density at radius 2 is 2.03 bits per heavy atom. The summed E-state index contributed by atoms with van der Waals surface area (Å²) in [4.78, 5) is 48.4. The van der Waals surface area contributed by atoms with Gasteiger partial charge in [-0.05, 0) is 42.9 Å². The number of aliphatic imine (C=N–C) groups is 1. The minimum absolute atomic E-state index is 0.0450. The summed E-state index contributed by atoms with van der Waals surface area (Å²) in [6, 6.07) is 9.85. The number of amides is 1. The van der Waals surface area contributed by atoms with Crippen molar-refractivity contribution in [3.05, 3.63) is 76.5 Å². The summed E-state index contributed by atoms with van der Waals surface area (Å²) >= 11 is 2.75. The number of ketones is 1. The minimum atomic E-state index is -0.448. The monoisotopic (exact) mass is 509 g/mol. The van der Waals surface area contributed by atoms with Crippen molar-refractivity contribution in [1.29, 1.82) is 0 Å². The number of H-pyrrole nitrogens is 1. The minimum Gasteiger partial charge on any atom is -0.462 e. The number of aryl methyl sites for hydroxylation is 1. The molecule has 2 aliphatic rings. The summed E-state index contributed by atoms with van der Waals surface area (Å²) in [5, 5.41) is 2.26. The molecule has 4 rings (SSSR count). The van der Waals surface area contributed by atoms with E-state index in [1.165, 1.54) is 23.5 Å². The van der Waals surface area contributed by atoms with Gasteiger partial charge in [-0.15, -0.1) is 18.3 Å². The number of nitrogens with one attached hydrogen (secondary N) is 1. The fourth-order valence-corrected chi connectivity index (χ4v) is 6.41. The molecule has 1 amide bonds. The molecular weight excluding hydrogens is 482 g/mol. The van der Waals surface area contributed by atoms with Crippen LogP contribution in [0.15, 0.2) is 53.4 Å². The third-order valence-corrected chi connectivity index (χ3v) is 7.94. The number of carbonyl (C=O) groups excluding carboxylic acids is 3. The number of ether oxygens (including phenoxy) is 1. The van der Waals surface area contributed by atoms with Gasteiger partial charge in [0.2, 0.25) is 5.91 Å². The number of aromatic nitrogens is 1. The van der Waals surface area contributed by atoms with E-state index in [2.05, 4.69) is 11.6 Å². The van der Waals surface area contributed by atoms with E-state index in [1.54, 1.807) is 31.7 Å². The molecule has 1 aromatic heterocycles. The number of fused-ring (bicyclic) bond motifs is 1. The molecule has 9 heteroatoms. The van der Waals surface area contributed by atoms with Crippen molar-refractivity contribution in [3.63, 3.8) is 0 Å². The van der Waals surface area contributed by atoms with E-state index >= 15 is 0 Å². The molecule has 1 N–H and O–H groups in total. The van der Waals surface area contributed by atoms with Crippen LogP contribution in [0.3, 0.4) is 0 Å². The molecule has 182 valence electrons. The molecule has 1 aromatic carbocycles. The molecule has 0 fully saturated rings. The highest BCUT2D eigenvalue weighted by atomic mass is 32.2. The predicted molar refractivity (Wildman–Crippen MR) is 142 cm³/mol. The van der Waals surface area contributed by atoms with Gasteiger partial charge in [0, 0.05) is 12.2 Å². The third-order valence-electron chi connectivity index (χ3n) is 5.90. The molecule has 0 spiro atoms. The molecule has 0 saturated heterocycles. The fraction of sp³-hybridized carbons (Fsp3) is 0.308. The predicted octanol–water partition coefficient (Wildman–Crippen LogP) is 4.84. The SMILES string of the molecule is C=CCN1C(=O)C2C(c3ccccc3)=CSC2N=C1SCC(=O)c1[nH]c(C)c(C(=O)OCC)c1C. The van der Waals surface area contributed by atoms with Gasteiger partial charge in [-0.2, -0.15) is 0 Å². The van der Waals surface area contributed by atoms with Crippen molar-refractivity contribution < 1.29 is 19.1 Å². The number of nitrogens with zero attached hydrogens (tertiary/aromatic N) is 2. The molecule has 2 unspecified atom stereocenters. The fourth-order valence-electron chi connectivity index (χ4n) is 4.28. The first-order chi connectivity index (χ1) is 16.9. The Morgan fingerprint density at radius 1 is 1.29 bits per heavy atom. The number of hydrogen-bond donors (Lipinski definition) is 1. The van der Waals surface area contributed by atoms with E-state index in [-0.39, 0.29) is 35.3 Å². The molecule has 2 aromatic rings. The summed E-state index contributed by atoms with van der Waals surface area (Å²) in [5.41, 5.74) is 3.90. The van der Waals surface area contributed by atoms with Gasteiger partial charge in [0.15, 0.2) is 11.0 Å². The van der Waals surface area contributed by atoms with E-state index in [0.29, 0.717) is 34.2 Å². The van der Waals surface area contributed by atoms with Crippen molar-refractivity contribution in [2.24, 2.45) is 10.9 Å². The zero-order valence-electron chi connectivity index (χ0n) is 19.9. The van der Waals surface area contributed by atoms with Crippen LogP contribution in [0, 0.1) is 19.8 Å². The Bertz CT molecular complexity index is 1230. The lowest BCUT2D eigenvalue weighted by molar-refractivity contribution is -0.129. The number of carbonyl (C=O) groups is 3. The van der Waals surface area contributed by atoms with Gasteiger partial charge in [0.25, 0.3) is 0 Å². The first-order valence-corrected chi connectivity index (χ1v) is 13.2. The van der Waals surface area contributed by atoms with E-state index < -0.39 is 5.97 Å². The van der Waals surface area contributed by atoms with Crippen LogP contribution in [0.4, 0.5) is 0 Å². The smallest absolute Gasteiger partial charge is 0.340 e. The second-order valence-corrected chi connectivity index (χ2v) is 10.1. The quantitative estimate of drug-likeness (QED) is 0.311. The van der Waals surface area contributed by atoms with E-state index in [0.717, 1.165) is 11.1 Å². The molecule has 35 heavy (non-hydrogen) atoms. The number of benzene rings is 1. The first kappa shape index (κ1) is 25.1. The van der Waals surface area contributed by atoms with Crippen molar-refractivity contribution in [3.8, 4) is 0 Å². The second-order valence-electron chi connectivity index (χ2n) is 8.15. The largest absolute Gasteiger partial charge is 0.462 e. The van der Waals surface area contributed by atoms with Crippen molar-refractivity contribution in [2.45, 2.75) is 26.1 Å². The van der Waals surface area contributed by atoms with Crippen molar-refractivity contribution in [1.82, 2.24) is 9.88 Å². The third kappa shape index (κ3) is 4.88. The number of rotatable bonds is 8. The Hall–Kier alpha value is -3.04. The van der Waals surface area contributed by atoms with Crippen LogP contribution in [-0.4, -0.2) is 57.0 Å². The van der Waals surface area contributed by atoms with Crippen LogP contribution in [0.5, 0.6) is 0 Å². The van der Waals surface area contributed by atoms with Gasteiger partial charge in [-0.25, -0.2) is 9.79 Å². The summed E-state index contributed by atoms with van der Waals surface area (Å²) in [6.45, 7) is 9.58. The Balaban J connectivity index is 1.53. The molecule has 2 aliphatic heterocycles. The highest BCUT2D eigenvalue weighted by molar-refractivity contribution is 8.14. The highest BCUT2D eigenvalue weighted by Crippen LogP contribution is 2.45. The molecular formula is C26H27N3O4S2. The Labute approximate surface area is 213 Å². The molecule has 2 atom stereocenters. The topological polar surface area (TPSA) is 91.8 Å². The average Bonchev–Trinajstić information content (AvgIpc) is 3.40. The standard InChI is InChI=1S/C26H27N3O4S2/c1-5-12-29-24(31)21-18(17-10-8-7-9-11-17)13-34-23(21)28-26(29)35-14-19(30)22-15(3)20(16(4)27-22)25(32)33-6-2/h5,7-11,13,21,23,27H,1,6,12,14H2,2-4H3. The summed E-state index contributed by atoms with van der Waals surface area (Å²) < 4.78 is 5.12. The lowest BCUT2D eigenvalue weighted by Gasteiger charge is -2.33. The molecule has 3 heterocycles. The number of aromatic amines is 1. The van der Waals surface area contributed by atoms with Crippen LogP contribution >= 0.6 is 23.5 Å². The van der Waals surface area contributed by atoms with Gasteiger partial charge in [0.1, 0.15) is 5.37 Å². The molecule has 0 aliphatic carbocycles. The van der Waals surface area contributed by atoms with Gasteiger partial charge >= 0.3 is 5.97 Å². The van der Waals surface area contributed by atoms with E-state index in [9.17, 15) is 14.4 Å². The van der Waals surface area contributed by atoms with Crippen LogP contribution in [0.25, 0.3) is 5.57 Å². The van der Waals surface area contributed by atoms with Gasteiger partial charge < -0.3 is 9.72 Å². The Morgan fingerprint density at radius 3 is 2.71 bits per heavy atom. The zero-order chi connectivity index (χ0) is 25.1. The number of thioether (sulfide) groups is 2. The number of Topliss-reactive ketones (excluding diaryl/α,β-unsaturated/α-hetero) is 1. The maximum Gasteiger partial charge on any atom is 0.340 e. The van der Waals surface area contributed by atoms with Crippen LogP contribution in [0.2, 0.25) is 0 Å². The Kier molecular flexibility index (Phi) is 7.66. The molecule has 7 nitrogen and oxygen atoms in total. The maximum absolute atomic E-state index is 13.5. The number of hydrogen-bond acceptors (Lipinski definition) is 7. The molecule has 0 radical (unpaired) electrons. The van der Waals surface area contributed by atoms with Gasteiger partial charge in [0.05, 0.1) is 29.5 Å². The van der Waals surface area contributed by atoms with Crippen LogP contribution in [0.1, 0.15) is 44.6 Å². The van der Waals surface area contributed by atoms with Gasteiger partial charge in [-0.1, -0.05) is 48.2 Å². The normalized spacial score (nSPS) is 19.2. The number of esters is 1. The number of amidine groups is 1. The average molecular weight is 510 g/mol. The second kappa shape index (κ2) is 10.7. The zero-order valence-corrected chi connectivity index (χ0v) is 21.5. The van der Waals surface area contributed by atoms with Crippen molar-refractivity contribution in [2.75, 3.05) is 18.9 Å². The first-order valence-electron chi connectivity index (χ1n) is 11.3. The van der Waals surface area contributed by atoms with Crippen molar-refractivity contribution >= 4 is 51.9 Å². The molecule has 0 bridgehead atoms.